The highest BCUT2D eigenvalue weighted by molar-refractivity contribution is 6.36. The van der Waals surface area contributed by atoms with E-state index in [1.165, 1.54) is 13.2 Å². The minimum Gasteiger partial charge on any atom is -0.497 e. The molecule has 2 rings (SSSR count). The van der Waals surface area contributed by atoms with Crippen LogP contribution < -0.4 is 15.6 Å². The fraction of sp³-hybridized carbons (Fsp3) is 0.0588. The van der Waals surface area contributed by atoms with Crippen molar-refractivity contribution in [3.8, 4) is 5.75 Å². The summed E-state index contributed by atoms with van der Waals surface area (Å²) in [5.74, 6) is -1.30. The Bertz CT molecular complexity index is 820. The Balaban J connectivity index is 2.13. The predicted molar refractivity (Wildman–Crippen MR) is 96.8 cm³/mol. The molecule has 0 fully saturated rings. The van der Waals surface area contributed by atoms with E-state index < -0.39 is 11.9 Å². The van der Waals surface area contributed by atoms with Gasteiger partial charge in [-0.05, 0) is 35.9 Å². The lowest BCUT2D eigenvalue weighted by atomic mass is 10.1. The molecule has 6 nitrogen and oxygen atoms in total. The lowest BCUT2D eigenvalue weighted by Crippen LogP contribution is -2.28. The number of methoxy groups -OCH3 is 1. The first kappa shape index (κ1) is 18.6. The molecule has 0 saturated heterocycles. The first-order valence-corrected chi connectivity index (χ1v) is 7.76. The fourth-order valence-corrected chi connectivity index (χ4v) is 2.38. The Labute approximate surface area is 154 Å². The van der Waals surface area contributed by atoms with E-state index in [9.17, 15) is 14.7 Å². The Morgan fingerprint density at radius 3 is 2.36 bits per heavy atom. The number of hydrazine groups is 1. The molecule has 0 spiro atoms. The van der Waals surface area contributed by atoms with Crippen LogP contribution in [0.3, 0.4) is 0 Å². The fourth-order valence-electron chi connectivity index (χ4n) is 1.93. The number of anilines is 1. The minimum absolute atomic E-state index is 0.163. The molecule has 0 unspecified atom stereocenters. The maximum Gasteiger partial charge on any atom is 0.336 e. The molecule has 130 valence electrons. The number of hydrogen-bond donors (Lipinski definition) is 3. The molecule has 0 radical (unpaired) electrons. The monoisotopic (exact) mass is 380 g/mol. The molecule has 0 aliphatic heterocycles. The zero-order chi connectivity index (χ0) is 18.4. The van der Waals surface area contributed by atoms with Crippen LogP contribution in [0.1, 0.15) is 5.56 Å². The maximum absolute atomic E-state index is 12.0. The zero-order valence-electron chi connectivity index (χ0n) is 13.0. The van der Waals surface area contributed by atoms with Crippen LogP contribution in [0.15, 0.2) is 48.5 Å². The number of carboxylic acid groups (broad SMARTS) is 1. The van der Waals surface area contributed by atoms with Gasteiger partial charge in [-0.2, -0.15) is 0 Å². The van der Waals surface area contributed by atoms with Crippen LogP contribution in [-0.4, -0.2) is 24.1 Å². The molecule has 0 aliphatic carbocycles. The summed E-state index contributed by atoms with van der Waals surface area (Å²) in [6, 6.07) is 11.0. The molecular formula is C17H14Cl2N2O4. The Hall–Kier alpha value is -2.70. The molecule has 25 heavy (non-hydrogen) atoms. The highest BCUT2D eigenvalue weighted by Gasteiger charge is 2.13. The van der Waals surface area contributed by atoms with Gasteiger partial charge >= 0.3 is 5.97 Å². The summed E-state index contributed by atoms with van der Waals surface area (Å²) in [5.41, 5.74) is 5.59. The number of aliphatic carboxylic acids is 1. The van der Waals surface area contributed by atoms with Crippen molar-refractivity contribution < 1.29 is 19.4 Å². The second-order valence-electron chi connectivity index (χ2n) is 4.83. The molecule has 0 saturated carbocycles. The first-order chi connectivity index (χ1) is 11.9. The SMILES string of the molecule is COc1ccc(/C(=C\C(=O)NNc2ccc(Cl)cc2Cl)C(=O)O)cc1. The third kappa shape index (κ3) is 5.14. The summed E-state index contributed by atoms with van der Waals surface area (Å²) in [4.78, 5) is 23.4. The number of ether oxygens (including phenoxy) is 1. The number of amides is 1. The van der Waals surface area contributed by atoms with E-state index in [0.29, 0.717) is 27.0 Å². The molecule has 1 amide bonds. The normalized spacial score (nSPS) is 10.9. The smallest absolute Gasteiger partial charge is 0.336 e. The minimum atomic E-state index is -1.23. The van der Waals surface area contributed by atoms with Crippen molar-refractivity contribution in [1.82, 2.24) is 5.43 Å². The number of carboxylic acids is 1. The van der Waals surface area contributed by atoms with Crippen LogP contribution in [-0.2, 0) is 9.59 Å². The van der Waals surface area contributed by atoms with Crippen molar-refractivity contribution in [1.29, 1.82) is 0 Å². The number of halogens is 2. The van der Waals surface area contributed by atoms with Crippen LogP contribution in [0.5, 0.6) is 5.75 Å². The molecular weight excluding hydrogens is 367 g/mol. The molecule has 0 bridgehead atoms. The Morgan fingerprint density at radius 2 is 1.80 bits per heavy atom. The molecule has 3 N–H and O–H groups in total. The van der Waals surface area contributed by atoms with Gasteiger partial charge in [0.15, 0.2) is 0 Å². The third-order valence-corrected chi connectivity index (χ3v) is 3.71. The van der Waals surface area contributed by atoms with Crippen molar-refractivity contribution in [2.24, 2.45) is 0 Å². The molecule has 8 heteroatoms. The second kappa shape index (κ2) is 8.41. The molecule has 0 heterocycles. The van der Waals surface area contributed by atoms with Crippen LogP contribution in [0.2, 0.25) is 10.0 Å². The highest BCUT2D eigenvalue weighted by Crippen LogP contribution is 2.24. The molecule has 0 aliphatic rings. The summed E-state index contributed by atoms with van der Waals surface area (Å²) in [5, 5.41) is 10.1. The Morgan fingerprint density at radius 1 is 1.12 bits per heavy atom. The average Bonchev–Trinajstić information content (AvgIpc) is 2.59. The topological polar surface area (TPSA) is 87.7 Å². The first-order valence-electron chi connectivity index (χ1n) is 7.01. The van der Waals surface area contributed by atoms with E-state index in [1.807, 2.05) is 0 Å². The molecule has 2 aromatic carbocycles. The number of hydrogen-bond acceptors (Lipinski definition) is 4. The number of benzene rings is 2. The Kier molecular flexibility index (Phi) is 6.27. The van der Waals surface area contributed by atoms with Gasteiger partial charge in [0, 0.05) is 11.1 Å². The van der Waals surface area contributed by atoms with E-state index >= 15 is 0 Å². The van der Waals surface area contributed by atoms with Gasteiger partial charge < -0.3 is 9.84 Å². The zero-order valence-corrected chi connectivity index (χ0v) is 14.6. The highest BCUT2D eigenvalue weighted by atomic mass is 35.5. The number of rotatable bonds is 6. The average molecular weight is 381 g/mol. The van der Waals surface area contributed by atoms with Crippen LogP contribution >= 0.6 is 23.2 Å². The van der Waals surface area contributed by atoms with E-state index in [-0.39, 0.29) is 5.57 Å². The van der Waals surface area contributed by atoms with Gasteiger partial charge in [-0.1, -0.05) is 35.3 Å². The predicted octanol–water partition coefficient (Wildman–Crippen LogP) is 3.61. The number of carbonyl (C=O) groups excluding carboxylic acids is 1. The van der Waals surface area contributed by atoms with E-state index in [0.717, 1.165) is 6.08 Å². The lowest BCUT2D eigenvalue weighted by molar-refractivity contribution is -0.130. The second-order valence-corrected chi connectivity index (χ2v) is 5.67. The summed E-state index contributed by atoms with van der Waals surface area (Å²) < 4.78 is 5.02. The van der Waals surface area contributed by atoms with Crippen LogP contribution in [0.4, 0.5) is 5.69 Å². The van der Waals surface area contributed by atoms with E-state index in [1.54, 1.807) is 36.4 Å². The van der Waals surface area contributed by atoms with Gasteiger partial charge in [-0.3, -0.25) is 15.6 Å². The van der Waals surface area contributed by atoms with Gasteiger partial charge in [0.1, 0.15) is 5.75 Å². The summed E-state index contributed by atoms with van der Waals surface area (Å²) >= 11 is 11.8. The van der Waals surface area contributed by atoms with Gasteiger partial charge in [0.25, 0.3) is 5.91 Å². The summed E-state index contributed by atoms with van der Waals surface area (Å²) in [6.07, 6.45) is 0.973. The number of carbonyl (C=O) groups is 2. The third-order valence-electron chi connectivity index (χ3n) is 3.16. The summed E-state index contributed by atoms with van der Waals surface area (Å²) in [6.45, 7) is 0. The molecule has 0 atom stereocenters. The van der Waals surface area contributed by atoms with Crippen molar-refractivity contribution in [3.63, 3.8) is 0 Å². The van der Waals surface area contributed by atoms with Gasteiger partial charge in [-0.15, -0.1) is 0 Å². The van der Waals surface area contributed by atoms with Crippen LogP contribution in [0, 0.1) is 0 Å². The van der Waals surface area contributed by atoms with Crippen molar-refractivity contribution in [2.45, 2.75) is 0 Å². The molecule has 2 aromatic rings. The van der Waals surface area contributed by atoms with Gasteiger partial charge in [0.2, 0.25) is 0 Å². The van der Waals surface area contributed by atoms with Gasteiger partial charge in [-0.25, -0.2) is 4.79 Å². The van der Waals surface area contributed by atoms with Crippen molar-refractivity contribution in [2.75, 3.05) is 12.5 Å². The van der Waals surface area contributed by atoms with Crippen molar-refractivity contribution in [3.05, 3.63) is 64.1 Å². The summed E-state index contributed by atoms with van der Waals surface area (Å²) in [7, 11) is 1.50. The largest absolute Gasteiger partial charge is 0.497 e. The van der Waals surface area contributed by atoms with Gasteiger partial charge in [0.05, 0.1) is 23.4 Å². The van der Waals surface area contributed by atoms with E-state index in [4.69, 9.17) is 27.9 Å². The quantitative estimate of drug-likeness (QED) is 0.526. The standard InChI is InChI=1S/C17H14Cl2N2O4/c1-25-12-5-2-10(3-6-12)13(17(23)24)9-16(22)21-20-15-7-4-11(18)8-14(15)19/h2-9,20H,1H3,(H,21,22)(H,23,24)/b13-9+. The lowest BCUT2D eigenvalue weighted by Gasteiger charge is -2.09. The van der Waals surface area contributed by atoms with Crippen molar-refractivity contribution >= 4 is 46.3 Å². The maximum atomic E-state index is 12.0. The van der Waals surface area contributed by atoms with Crippen LogP contribution in [0.25, 0.3) is 5.57 Å². The van der Waals surface area contributed by atoms with E-state index in [2.05, 4.69) is 10.9 Å². The molecule has 0 aromatic heterocycles. The number of nitrogens with one attached hydrogen (secondary N) is 2.